The normalized spacial score (nSPS) is 12.9. The van der Waals surface area contributed by atoms with E-state index in [0.717, 1.165) is 44.9 Å². The fourth-order valence-corrected chi connectivity index (χ4v) is 8.09. The van der Waals surface area contributed by atoms with Crippen molar-refractivity contribution in [3.63, 3.8) is 0 Å². The number of quaternary nitrogens is 1. The summed E-state index contributed by atoms with van der Waals surface area (Å²) in [7, 11) is 5.54. The maximum Gasteiger partial charge on any atom is 0.362 e. The molecule has 0 radical (unpaired) electrons. The highest BCUT2D eigenvalue weighted by Crippen LogP contribution is 2.17. The van der Waals surface area contributed by atoms with Gasteiger partial charge < -0.3 is 23.8 Å². The first-order valence-electron chi connectivity index (χ1n) is 26.2. The second kappa shape index (κ2) is 44.7. The molecule has 0 aliphatic carbocycles. The Morgan fingerprint density at radius 2 is 0.820 bits per heavy atom. The number of likely N-dealkylation sites (N-methyl/N-ethyl adjacent to an activating group) is 1. The molecule has 8 heteroatoms. The Labute approximate surface area is 378 Å². The summed E-state index contributed by atoms with van der Waals surface area (Å²) in [5.41, 5.74) is 0. The lowest BCUT2D eigenvalue weighted by Crippen LogP contribution is -2.50. The Kier molecular flexibility index (Phi) is 43.3. The van der Waals surface area contributed by atoms with Crippen molar-refractivity contribution in [2.24, 2.45) is 0 Å². The molecule has 0 heterocycles. The Balaban J connectivity index is 4.19. The van der Waals surface area contributed by atoms with Gasteiger partial charge >= 0.3 is 17.9 Å². The number of ether oxygens (including phenoxy) is 3. The van der Waals surface area contributed by atoms with Crippen molar-refractivity contribution in [3.8, 4) is 0 Å². The lowest BCUT2D eigenvalue weighted by atomic mass is 10.0. The minimum absolute atomic E-state index is 0.0488. The van der Waals surface area contributed by atoms with Crippen molar-refractivity contribution in [3.05, 3.63) is 12.2 Å². The van der Waals surface area contributed by atoms with Gasteiger partial charge in [-0.05, 0) is 38.5 Å². The van der Waals surface area contributed by atoms with Crippen molar-refractivity contribution in [2.45, 2.75) is 270 Å². The number of unbranched alkanes of at least 4 members (excludes halogenated alkanes) is 32. The predicted molar refractivity (Wildman–Crippen MR) is 257 cm³/mol. The van der Waals surface area contributed by atoms with Crippen molar-refractivity contribution < 1.29 is 38.2 Å². The maximum atomic E-state index is 12.8. The third-order valence-corrected chi connectivity index (χ3v) is 12.2. The number of carbonyl (C=O) groups is 3. The van der Waals surface area contributed by atoms with Crippen LogP contribution in [0.4, 0.5) is 0 Å². The molecule has 0 aromatic carbocycles. The zero-order chi connectivity index (χ0) is 44.9. The Morgan fingerprint density at radius 1 is 0.475 bits per heavy atom. The molecule has 0 spiro atoms. The number of allylic oxidation sites excluding steroid dienone is 2. The summed E-state index contributed by atoms with van der Waals surface area (Å²) < 4.78 is 17.4. The van der Waals surface area contributed by atoms with Gasteiger partial charge in [0.1, 0.15) is 6.61 Å². The summed E-state index contributed by atoms with van der Waals surface area (Å²) in [5.74, 6) is -1.46. The van der Waals surface area contributed by atoms with Crippen molar-refractivity contribution in [1.29, 1.82) is 0 Å². The molecule has 0 saturated heterocycles. The minimum Gasteiger partial charge on any atom is -0.477 e. The van der Waals surface area contributed by atoms with Gasteiger partial charge in [0.2, 0.25) is 0 Å². The van der Waals surface area contributed by atoms with Crippen LogP contribution < -0.4 is 0 Å². The van der Waals surface area contributed by atoms with Crippen LogP contribution in [0, 0.1) is 0 Å². The van der Waals surface area contributed by atoms with Gasteiger partial charge in [-0.2, -0.15) is 0 Å². The lowest BCUT2D eigenvalue weighted by Gasteiger charge is -2.31. The van der Waals surface area contributed by atoms with E-state index in [9.17, 15) is 19.5 Å². The smallest absolute Gasteiger partial charge is 0.362 e. The maximum absolute atomic E-state index is 12.8. The number of carbonyl (C=O) groups excluding carboxylic acids is 2. The number of hydrogen-bond acceptors (Lipinski definition) is 6. The topological polar surface area (TPSA) is 99.1 Å². The van der Waals surface area contributed by atoms with Gasteiger partial charge in [-0.25, -0.2) is 4.79 Å². The number of esters is 2. The van der Waals surface area contributed by atoms with Crippen LogP contribution in [0.5, 0.6) is 0 Å². The van der Waals surface area contributed by atoms with Gasteiger partial charge in [-0.3, -0.25) is 9.59 Å². The Bertz CT molecular complexity index is 1010. The molecular weight excluding hydrogens is 763 g/mol. The van der Waals surface area contributed by atoms with E-state index in [1.165, 1.54) is 180 Å². The number of nitrogens with zero attached hydrogens (tertiary/aromatic N) is 1. The van der Waals surface area contributed by atoms with Crippen LogP contribution in [-0.4, -0.2) is 80.6 Å². The first-order valence-corrected chi connectivity index (χ1v) is 26.2. The molecule has 0 saturated carbocycles. The third-order valence-electron chi connectivity index (χ3n) is 12.2. The summed E-state index contributed by atoms with van der Waals surface area (Å²) in [5, 5.41) is 9.65. The molecule has 0 aromatic rings. The summed E-state index contributed by atoms with van der Waals surface area (Å²) in [4.78, 5) is 37.1. The third kappa shape index (κ3) is 43.1. The minimum atomic E-state index is -0.871. The first kappa shape index (κ1) is 59.1. The number of aliphatic carboxylic acids is 1. The first-order chi connectivity index (χ1) is 29.6. The van der Waals surface area contributed by atoms with Crippen molar-refractivity contribution in [1.82, 2.24) is 0 Å². The quantitative estimate of drug-likeness (QED) is 0.0281. The molecule has 1 N–H and O–H groups in total. The second-order valence-electron chi connectivity index (χ2n) is 19.1. The van der Waals surface area contributed by atoms with Gasteiger partial charge in [-0.15, -0.1) is 0 Å². The molecule has 0 amide bonds. The Hall–Kier alpha value is -1.93. The van der Waals surface area contributed by atoms with Gasteiger partial charge in [-0.1, -0.05) is 212 Å². The van der Waals surface area contributed by atoms with E-state index in [1.54, 1.807) is 0 Å². The zero-order valence-electron chi connectivity index (χ0n) is 41.1. The van der Waals surface area contributed by atoms with Crippen LogP contribution in [0.3, 0.4) is 0 Å². The highest BCUT2D eigenvalue weighted by atomic mass is 16.6. The lowest BCUT2D eigenvalue weighted by molar-refractivity contribution is -0.887. The van der Waals surface area contributed by atoms with Crippen LogP contribution in [0.1, 0.15) is 258 Å². The van der Waals surface area contributed by atoms with E-state index >= 15 is 0 Å². The van der Waals surface area contributed by atoms with Gasteiger partial charge in [0, 0.05) is 19.3 Å². The molecule has 0 rings (SSSR count). The number of rotatable bonds is 48. The van der Waals surface area contributed by atoms with Gasteiger partial charge in [0.25, 0.3) is 0 Å². The van der Waals surface area contributed by atoms with Crippen LogP contribution in [0.15, 0.2) is 12.2 Å². The fraction of sp³-hybridized carbons (Fsp3) is 0.906. The average Bonchev–Trinajstić information content (AvgIpc) is 3.22. The summed E-state index contributed by atoms with van der Waals surface area (Å²) in [6.07, 6.45) is 49.7. The largest absolute Gasteiger partial charge is 0.477 e. The van der Waals surface area contributed by atoms with Crippen LogP contribution in [-0.2, 0) is 28.6 Å². The van der Waals surface area contributed by atoms with E-state index in [1.807, 2.05) is 21.1 Å². The monoisotopic (exact) mass is 865 g/mol. The van der Waals surface area contributed by atoms with Crippen LogP contribution in [0.25, 0.3) is 0 Å². The molecule has 0 fully saturated rings. The van der Waals surface area contributed by atoms with Crippen molar-refractivity contribution in [2.75, 3.05) is 41.0 Å². The zero-order valence-corrected chi connectivity index (χ0v) is 41.1. The molecule has 8 nitrogen and oxygen atoms in total. The number of hydrogen-bond donors (Lipinski definition) is 1. The number of carboxylic acid groups (broad SMARTS) is 1. The summed E-state index contributed by atoms with van der Waals surface area (Å²) in [6, 6.07) is -0.612. The average molecular weight is 865 g/mol. The fourth-order valence-electron chi connectivity index (χ4n) is 8.09. The molecule has 360 valence electrons. The van der Waals surface area contributed by atoms with E-state index < -0.39 is 18.1 Å². The van der Waals surface area contributed by atoms with Crippen molar-refractivity contribution >= 4 is 17.9 Å². The van der Waals surface area contributed by atoms with Crippen LogP contribution >= 0.6 is 0 Å². The standard InChI is InChI=1S/C53H101NO7/c1-6-8-10-12-14-16-18-20-22-24-25-26-27-28-30-32-34-36-38-40-42-44-52(56)61-49(47-59-46-45-50(53(57)58)54(3,4)5)48-60-51(55)43-41-39-37-35-33-31-29-23-21-19-17-15-13-11-9-7-2/h23,29,49-50H,6-22,24-28,30-48H2,1-5H3/p+1/b29-23+. The summed E-state index contributed by atoms with van der Waals surface area (Å²) >= 11 is 0. The van der Waals surface area contributed by atoms with E-state index in [4.69, 9.17) is 14.2 Å². The van der Waals surface area contributed by atoms with Gasteiger partial charge in [0.15, 0.2) is 12.1 Å². The molecule has 61 heavy (non-hydrogen) atoms. The van der Waals surface area contributed by atoms with E-state index in [-0.39, 0.29) is 36.2 Å². The van der Waals surface area contributed by atoms with E-state index in [0.29, 0.717) is 19.3 Å². The molecule has 0 bridgehead atoms. The van der Waals surface area contributed by atoms with Gasteiger partial charge in [0.05, 0.1) is 34.4 Å². The molecule has 0 aliphatic rings. The van der Waals surface area contributed by atoms with Crippen LogP contribution in [0.2, 0.25) is 0 Å². The molecule has 0 aromatic heterocycles. The SMILES string of the molecule is CCCCCCCCC/C=C/CCCCCCCC(=O)OCC(COCCC(C(=O)O)[N+](C)(C)C)OC(=O)CCCCCCCCCCCCCCCCCCCCCCC. The highest BCUT2D eigenvalue weighted by molar-refractivity contribution is 5.72. The Morgan fingerprint density at radius 3 is 1.18 bits per heavy atom. The molecule has 2 atom stereocenters. The number of carboxylic acids is 1. The summed E-state index contributed by atoms with van der Waals surface area (Å²) in [6.45, 7) is 4.78. The molecular formula is C53H102NO7+. The molecule has 2 unspecified atom stereocenters. The molecule has 0 aliphatic heterocycles. The predicted octanol–water partition coefficient (Wildman–Crippen LogP) is 15.0. The highest BCUT2D eigenvalue weighted by Gasteiger charge is 2.31. The van der Waals surface area contributed by atoms with E-state index in [2.05, 4.69) is 26.0 Å². The second-order valence-corrected chi connectivity index (χ2v) is 19.1.